The van der Waals surface area contributed by atoms with Crippen LogP contribution in [-0.4, -0.2) is 49.3 Å². The number of hydrogen-bond donors (Lipinski definition) is 1. The molecule has 1 aliphatic carbocycles. The van der Waals surface area contributed by atoms with Crippen LogP contribution >= 0.6 is 0 Å². The number of amides is 1. The van der Waals surface area contributed by atoms with Crippen LogP contribution in [-0.2, 0) is 9.53 Å². The van der Waals surface area contributed by atoms with Gasteiger partial charge in [-0.15, -0.1) is 0 Å². The maximum atomic E-state index is 13.2. The SMILES string of the molecule is CCCOC1(C(=O)Nc2ccc(OCCN3CC(C)CC(C)C3)cc2)CCCCCC1. The number of hydrogen-bond acceptors (Lipinski definition) is 4. The van der Waals surface area contributed by atoms with Crippen molar-refractivity contribution in [3.63, 3.8) is 0 Å². The molecule has 31 heavy (non-hydrogen) atoms. The molecule has 2 unspecified atom stereocenters. The first kappa shape index (κ1) is 24.1. The highest BCUT2D eigenvalue weighted by atomic mass is 16.5. The Hall–Kier alpha value is -1.59. The summed E-state index contributed by atoms with van der Waals surface area (Å²) < 4.78 is 12.1. The number of piperidine rings is 1. The number of nitrogens with one attached hydrogen (secondary N) is 1. The van der Waals surface area contributed by atoms with Crippen molar-refractivity contribution in [3.05, 3.63) is 24.3 Å². The first-order valence-electron chi connectivity index (χ1n) is 12.4. The van der Waals surface area contributed by atoms with E-state index in [9.17, 15) is 4.79 Å². The van der Waals surface area contributed by atoms with Gasteiger partial charge in [-0.3, -0.25) is 9.69 Å². The van der Waals surface area contributed by atoms with Crippen molar-refractivity contribution < 1.29 is 14.3 Å². The van der Waals surface area contributed by atoms with Crippen LogP contribution in [0.25, 0.3) is 0 Å². The smallest absolute Gasteiger partial charge is 0.256 e. The molecular weight excluding hydrogens is 388 g/mol. The lowest BCUT2D eigenvalue weighted by Gasteiger charge is -2.34. The monoisotopic (exact) mass is 430 g/mol. The maximum Gasteiger partial charge on any atom is 0.256 e. The number of carbonyl (C=O) groups excluding carboxylic acids is 1. The Morgan fingerprint density at radius 2 is 1.68 bits per heavy atom. The largest absolute Gasteiger partial charge is 0.492 e. The highest BCUT2D eigenvalue weighted by molar-refractivity contribution is 5.97. The number of nitrogens with zero attached hydrogens (tertiary/aromatic N) is 1. The third-order valence-corrected chi connectivity index (χ3v) is 6.64. The maximum absolute atomic E-state index is 13.2. The standard InChI is InChI=1S/C26H42N2O3/c1-4-16-31-26(13-7-5-6-8-14-26)25(29)27-23-9-11-24(12-10-23)30-17-15-28-19-21(2)18-22(3)20-28/h9-12,21-22H,4-8,13-20H2,1-3H3,(H,27,29). The highest BCUT2D eigenvalue weighted by Crippen LogP contribution is 2.32. The highest BCUT2D eigenvalue weighted by Gasteiger charge is 2.39. The van der Waals surface area contributed by atoms with Gasteiger partial charge in [0.25, 0.3) is 5.91 Å². The fraction of sp³-hybridized carbons (Fsp3) is 0.731. The average molecular weight is 431 g/mol. The Morgan fingerprint density at radius 3 is 2.29 bits per heavy atom. The number of ether oxygens (including phenoxy) is 2. The Bertz CT molecular complexity index is 658. The van der Waals surface area contributed by atoms with Gasteiger partial charge in [0.05, 0.1) is 0 Å². The van der Waals surface area contributed by atoms with E-state index < -0.39 is 5.60 Å². The molecular formula is C26H42N2O3. The minimum absolute atomic E-state index is 0.00450. The van der Waals surface area contributed by atoms with Crippen LogP contribution < -0.4 is 10.1 Å². The van der Waals surface area contributed by atoms with Crippen LogP contribution in [0.4, 0.5) is 5.69 Å². The van der Waals surface area contributed by atoms with Crippen LogP contribution in [0.5, 0.6) is 5.75 Å². The van der Waals surface area contributed by atoms with Gasteiger partial charge in [0.2, 0.25) is 0 Å². The lowest BCUT2D eigenvalue weighted by Crippen LogP contribution is -2.45. The molecule has 1 aliphatic heterocycles. The van der Waals surface area contributed by atoms with Gasteiger partial charge in [-0.25, -0.2) is 0 Å². The second-order valence-corrected chi connectivity index (χ2v) is 9.79. The lowest BCUT2D eigenvalue weighted by atomic mass is 9.92. The van der Waals surface area contributed by atoms with Crippen LogP contribution in [0.3, 0.4) is 0 Å². The number of carbonyl (C=O) groups is 1. The normalized spacial score (nSPS) is 24.4. The molecule has 1 saturated carbocycles. The third kappa shape index (κ3) is 7.21. The van der Waals surface area contributed by atoms with Gasteiger partial charge in [-0.2, -0.15) is 0 Å². The fourth-order valence-corrected chi connectivity index (χ4v) is 5.18. The molecule has 0 bridgehead atoms. The molecule has 2 fully saturated rings. The molecule has 1 aromatic rings. The summed E-state index contributed by atoms with van der Waals surface area (Å²) >= 11 is 0. The van der Waals surface area contributed by atoms with Crippen LogP contribution in [0, 0.1) is 11.8 Å². The van der Waals surface area contributed by atoms with Crippen molar-refractivity contribution in [3.8, 4) is 5.75 Å². The molecule has 0 aromatic heterocycles. The molecule has 174 valence electrons. The van der Waals surface area contributed by atoms with E-state index in [1.54, 1.807) is 0 Å². The van der Waals surface area contributed by atoms with E-state index in [0.717, 1.165) is 61.9 Å². The second kappa shape index (κ2) is 11.9. The van der Waals surface area contributed by atoms with E-state index in [0.29, 0.717) is 13.2 Å². The number of likely N-dealkylation sites (tertiary alicyclic amines) is 1. The minimum atomic E-state index is -0.676. The van der Waals surface area contributed by atoms with Crippen LogP contribution in [0.1, 0.15) is 72.1 Å². The van der Waals surface area contributed by atoms with E-state index in [4.69, 9.17) is 9.47 Å². The van der Waals surface area contributed by atoms with E-state index in [2.05, 4.69) is 31.0 Å². The van der Waals surface area contributed by atoms with Gasteiger partial charge in [0, 0.05) is 31.9 Å². The molecule has 2 aliphatic rings. The zero-order valence-electron chi connectivity index (χ0n) is 19.8. The van der Waals surface area contributed by atoms with E-state index in [1.807, 2.05) is 24.3 Å². The van der Waals surface area contributed by atoms with Crippen molar-refractivity contribution in [2.24, 2.45) is 11.8 Å². The molecule has 1 aromatic carbocycles. The predicted molar refractivity (Wildman–Crippen MR) is 127 cm³/mol. The summed E-state index contributed by atoms with van der Waals surface area (Å²) in [7, 11) is 0. The number of benzene rings is 1. The third-order valence-electron chi connectivity index (χ3n) is 6.64. The zero-order chi connectivity index (χ0) is 22.1. The molecule has 5 nitrogen and oxygen atoms in total. The summed E-state index contributed by atoms with van der Waals surface area (Å²) in [5.74, 6) is 2.39. The molecule has 0 spiro atoms. The molecule has 0 radical (unpaired) electrons. The molecule has 1 N–H and O–H groups in total. The van der Waals surface area contributed by atoms with Gasteiger partial charge >= 0.3 is 0 Å². The van der Waals surface area contributed by atoms with E-state index in [-0.39, 0.29) is 5.91 Å². The molecule has 1 amide bonds. The molecule has 2 atom stereocenters. The second-order valence-electron chi connectivity index (χ2n) is 9.79. The van der Waals surface area contributed by atoms with E-state index in [1.165, 1.54) is 32.4 Å². The first-order chi connectivity index (χ1) is 15.0. The summed E-state index contributed by atoms with van der Waals surface area (Å²) in [5.41, 5.74) is 0.129. The Kier molecular flexibility index (Phi) is 9.21. The van der Waals surface area contributed by atoms with Gasteiger partial charge in [0.15, 0.2) is 0 Å². The van der Waals surface area contributed by atoms with E-state index >= 15 is 0 Å². The van der Waals surface area contributed by atoms with Crippen molar-refractivity contribution >= 4 is 11.6 Å². The van der Waals surface area contributed by atoms with Crippen LogP contribution in [0.2, 0.25) is 0 Å². The quantitative estimate of drug-likeness (QED) is 0.526. The Balaban J connectivity index is 1.50. The molecule has 5 heteroatoms. The number of rotatable bonds is 9. The van der Waals surface area contributed by atoms with Crippen molar-refractivity contribution in [2.45, 2.75) is 77.7 Å². The minimum Gasteiger partial charge on any atom is -0.492 e. The zero-order valence-corrected chi connectivity index (χ0v) is 19.8. The van der Waals surface area contributed by atoms with Crippen molar-refractivity contribution in [2.75, 3.05) is 38.2 Å². The van der Waals surface area contributed by atoms with Gasteiger partial charge in [0.1, 0.15) is 18.0 Å². The summed E-state index contributed by atoms with van der Waals surface area (Å²) in [5, 5.41) is 3.11. The number of anilines is 1. The van der Waals surface area contributed by atoms with Gasteiger partial charge < -0.3 is 14.8 Å². The summed E-state index contributed by atoms with van der Waals surface area (Å²) in [4.78, 5) is 15.7. The topological polar surface area (TPSA) is 50.8 Å². The predicted octanol–water partition coefficient (Wildman–Crippen LogP) is 5.50. The van der Waals surface area contributed by atoms with Crippen LogP contribution in [0.15, 0.2) is 24.3 Å². The Labute approximate surface area is 188 Å². The van der Waals surface area contributed by atoms with Gasteiger partial charge in [-0.1, -0.05) is 46.5 Å². The van der Waals surface area contributed by atoms with Crippen molar-refractivity contribution in [1.29, 1.82) is 0 Å². The fourth-order valence-electron chi connectivity index (χ4n) is 5.18. The molecule has 1 heterocycles. The first-order valence-corrected chi connectivity index (χ1v) is 12.4. The summed E-state index contributed by atoms with van der Waals surface area (Å²) in [6, 6.07) is 7.76. The Morgan fingerprint density at radius 1 is 1.03 bits per heavy atom. The lowest BCUT2D eigenvalue weighted by molar-refractivity contribution is -0.143. The summed E-state index contributed by atoms with van der Waals surface area (Å²) in [6.45, 7) is 11.4. The molecule has 1 saturated heterocycles. The molecule has 3 rings (SSSR count). The summed E-state index contributed by atoms with van der Waals surface area (Å²) in [6.07, 6.45) is 8.36. The van der Waals surface area contributed by atoms with Crippen molar-refractivity contribution in [1.82, 2.24) is 4.90 Å². The van der Waals surface area contributed by atoms with Gasteiger partial charge in [-0.05, 0) is 61.8 Å². The average Bonchev–Trinajstić information content (AvgIpc) is 2.99.